The van der Waals surface area contributed by atoms with Crippen LogP contribution in [0.3, 0.4) is 0 Å². The van der Waals surface area contributed by atoms with Crippen molar-refractivity contribution in [1.29, 1.82) is 0 Å². The lowest BCUT2D eigenvalue weighted by Crippen LogP contribution is -2.24. The Morgan fingerprint density at radius 3 is 1.76 bits per heavy atom. The van der Waals surface area contributed by atoms with E-state index >= 15 is 0 Å². The minimum Gasteiger partial charge on any atom is -0.472 e. The molecule has 0 aromatic carbocycles. The van der Waals surface area contributed by atoms with Gasteiger partial charge in [-0.25, -0.2) is 4.79 Å². The van der Waals surface area contributed by atoms with Gasteiger partial charge >= 0.3 is 5.97 Å². The predicted octanol–water partition coefficient (Wildman–Crippen LogP) is 5.04. The lowest BCUT2D eigenvalue weighted by Gasteiger charge is -2.12. The molecule has 0 bridgehead atoms. The summed E-state index contributed by atoms with van der Waals surface area (Å²) in [5.41, 5.74) is 0. The number of unbranched alkanes of at least 4 members (excludes halogenated alkanes) is 13. The highest BCUT2D eigenvalue weighted by Gasteiger charge is 2.13. The SMILES string of the molecule is C#CC(O)/C=C/C(O)CCCC(O)CC#CC(O)C#CC(O)CCCC(=O)CCCCC/C=C/C(O)CCCCCCCCCCCCCC(O)C(O)C#CC(=O)O. The average molecular weight is 813 g/mol. The van der Waals surface area contributed by atoms with Crippen LogP contribution < -0.4 is 0 Å². The van der Waals surface area contributed by atoms with Gasteiger partial charge in [0.2, 0.25) is 0 Å². The van der Waals surface area contributed by atoms with Gasteiger partial charge in [0.15, 0.2) is 6.10 Å². The first-order chi connectivity index (χ1) is 27.8. The number of hydrogen-bond acceptors (Lipinski definition) is 10. The molecule has 9 N–H and O–H groups in total. The summed E-state index contributed by atoms with van der Waals surface area (Å²) in [4.78, 5) is 22.6. The third kappa shape index (κ3) is 36.9. The largest absolute Gasteiger partial charge is 0.472 e. The van der Waals surface area contributed by atoms with Gasteiger partial charge in [-0.05, 0) is 70.3 Å². The molecule has 0 aliphatic carbocycles. The van der Waals surface area contributed by atoms with Gasteiger partial charge in [0.1, 0.15) is 24.1 Å². The molecule has 8 atom stereocenters. The summed E-state index contributed by atoms with van der Waals surface area (Å²) in [6, 6.07) is 0. The molecule has 58 heavy (non-hydrogen) atoms. The van der Waals surface area contributed by atoms with Crippen LogP contribution in [0.15, 0.2) is 24.3 Å². The lowest BCUT2D eigenvalue weighted by molar-refractivity contribution is -0.130. The quantitative estimate of drug-likeness (QED) is 0.0243. The topological polar surface area (TPSA) is 216 Å². The van der Waals surface area contributed by atoms with Crippen molar-refractivity contribution in [2.45, 2.75) is 209 Å². The zero-order chi connectivity index (χ0) is 43.2. The molecule has 0 spiro atoms. The molecule has 0 amide bonds. The van der Waals surface area contributed by atoms with Crippen LogP contribution >= 0.6 is 0 Å². The Morgan fingerprint density at radius 2 is 1.12 bits per heavy atom. The molecule has 11 heteroatoms. The predicted molar refractivity (Wildman–Crippen MR) is 227 cm³/mol. The van der Waals surface area contributed by atoms with Gasteiger partial charge in [-0.2, -0.15) is 0 Å². The van der Waals surface area contributed by atoms with Crippen molar-refractivity contribution in [2.24, 2.45) is 0 Å². The Hall–Kier alpha value is -3.46. The molecule has 8 unspecified atom stereocenters. The molecular formula is C47H72O11. The summed E-state index contributed by atoms with van der Waals surface area (Å²) >= 11 is 0. The summed E-state index contributed by atoms with van der Waals surface area (Å²) in [7, 11) is 0. The molecule has 0 aromatic rings. The Kier molecular flexibility index (Phi) is 35.5. The van der Waals surface area contributed by atoms with Crippen LogP contribution in [0.1, 0.15) is 161 Å². The zero-order valence-corrected chi connectivity index (χ0v) is 34.5. The first-order valence-electron chi connectivity index (χ1n) is 21.3. The van der Waals surface area contributed by atoms with E-state index in [1.807, 2.05) is 18.1 Å². The molecule has 0 aliphatic heterocycles. The number of rotatable bonds is 33. The minimum atomic E-state index is -1.32. The molecule has 0 saturated heterocycles. The molecule has 0 radical (unpaired) electrons. The fourth-order valence-electron chi connectivity index (χ4n) is 6.02. The number of carboxylic acid groups (broad SMARTS) is 1. The second kappa shape index (κ2) is 37.8. The van der Waals surface area contributed by atoms with Gasteiger partial charge in [0.25, 0.3) is 0 Å². The van der Waals surface area contributed by atoms with E-state index in [9.17, 15) is 50.4 Å². The third-order valence-corrected chi connectivity index (χ3v) is 9.50. The van der Waals surface area contributed by atoms with Gasteiger partial charge in [0, 0.05) is 25.2 Å². The Bertz CT molecular complexity index is 1370. The van der Waals surface area contributed by atoms with Crippen LogP contribution in [0.4, 0.5) is 0 Å². The maximum absolute atomic E-state index is 12.2. The monoisotopic (exact) mass is 813 g/mol. The molecule has 0 saturated carbocycles. The fourth-order valence-corrected chi connectivity index (χ4v) is 6.02. The number of Topliss-reactive ketones (excluding diaryl/α,β-unsaturated/α-hetero) is 1. The van der Waals surface area contributed by atoms with E-state index in [-0.39, 0.29) is 12.2 Å². The first kappa shape index (κ1) is 54.5. The maximum Gasteiger partial charge on any atom is 0.381 e. The summed E-state index contributed by atoms with van der Waals surface area (Å²) < 4.78 is 0. The number of carbonyl (C=O) groups is 2. The number of hydrogen-bond donors (Lipinski definition) is 9. The van der Waals surface area contributed by atoms with Gasteiger partial charge in [0.05, 0.1) is 24.4 Å². The number of aliphatic hydroxyl groups excluding tert-OH is 8. The van der Waals surface area contributed by atoms with Crippen molar-refractivity contribution in [2.75, 3.05) is 0 Å². The second-order valence-corrected chi connectivity index (χ2v) is 15.0. The highest BCUT2D eigenvalue weighted by atomic mass is 16.4. The van der Waals surface area contributed by atoms with E-state index in [0.29, 0.717) is 51.4 Å². The van der Waals surface area contributed by atoms with Gasteiger partial charge in [-0.15, -0.1) is 6.42 Å². The number of carbonyl (C=O) groups excluding carboxylic acids is 1. The Balaban J connectivity index is 3.77. The minimum absolute atomic E-state index is 0.128. The summed E-state index contributed by atoms with van der Waals surface area (Å²) in [5.74, 6) is 15.1. The smallest absolute Gasteiger partial charge is 0.381 e. The van der Waals surface area contributed by atoms with Crippen LogP contribution in [0.5, 0.6) is 0 Å². The van der Waals surface area contributed by atoms with E-state index in [1.165, 1.54) is 44.3 Å². The summed E-state index contributed by atoms with van der Waals surface area (Å²) in [5, 5.41) is 87.2. The van der Waals surface area contributed by atoms with Crippen molar-refractivity contribution < 1.29 is 55.5 Å². The van der Waals surface area contributed by atoms with E-state index in [2.05, 4.69) is 35.5 Å². The number of ketones is 1. The maximum atomic E-state index is 12.2. The molecule has 0 heterocycles. The van der Waals surface area contributed by atoms with Gasteiger partial charge in [-0.3, -0.25) is 4.79 Å². The van der Waals surface area contributed by atoms with Crippen molar-refractivity contribution in [1.82, 2.24) is 0 Å². The van der Waals surface area contributed by atoms with Crippen molar-refractivity contribution in [3.05, 3.63) is 24.3 Å². The van der Waals surface area contributed by atoms with Crippen molar-refractivity contribution in [3.8, 4) is 47.9 Å². The Labute approximate surface area is 348 Å². The number of terminal acetylenes is 1. The normalized spacial score (nSPS) is 15.4. The van der Waals surface area contributed by atoms with Gasteiger partial charge in [-0.1, -0.05) is 131 Å². The molecule has 0 aromatic heterocycles. The summed E-state index contributed by atoms with van der Waals surface area (Å²) in [6.07, 6.45) is 24.0. The molecule has 0 rings (SSSR count). The first-order valence-corrected chi connectivity index (χ1v) is 21.3. The van der Waals surface area contributed by atoms with E-state index in [4.69, 9.17) is 11.5 Å². The van der Waals surface area contributed by atoms with Crippen LogP contribution in [0, 0.1) is 47.9 Å². The Morgan fingerprint density at radius 1 is 0.552 bits per heavy atom. The lowest BCUT2D eigenvalue weighted by atomic mass is 10.0. The number of aliphatic carboxylic acids is 1. The number of carboxylic acids is 1. The second-order valence-electron chi connectivity index (χ2n) is 15.0. The average Bonchev–Trinajstić information content (AvgIpc) is 3.19. The molecule has 326 valence electrons. The standard InChI is InChI=1S/C47H72O11/c1-2-38(48)32-33-42(52)28-20-26-41(51)27-21-30-44(54)35-34-43(53)29-19-25-40(50)24-17-13-10-12-16-23-39(49)22-15-11-8-6-4-3-5-7-9-14-18-31-45(55)46(56)36-37-47(57)58/h1,16,23,32-33,38-39,41-46,48-49,51-56H,3-15,17-20,22,24-29,31H2,(H,57,58)/b23-16+,33-32+. The molecule has 0 aliphatic rings. The van der Waals surface area contributed by atoms with E-state index in [0.717, 1.165) is 70.6 Å². The van der Waals surface area contributed by atoms with Crippen LogP contribution in [0.2, 0.25) is 0 Å². The van der Waals surface area contributed by atoms with Crippen molar-refractivity contribution in [3.63, 3.8) is 0 Å². The highest BCUT2D eigenvalue weighted by molar-refractivity contribution is 5.86. The zero-order valence-electron chi connectivity index (χ0n) is 34.5. The molecular weight excluding hydrogens is 741 g/mol. The highest BCUT2D eigenvalue weighted by Crippen LogP contribution is 2.15. The summed E-state index contributed by atoms with van der Waals surface area (Å²) in [6.45, 7) is 0. The van der Waals surface area contributed by atoms with E-state index < -0.39 is 54.8 Å². The molecule has 0 fully saturated rings. The van der Waals surface area contributed by atoms with Gasteiger partial charge < -0.3 is 46.0 Å². The van der Waals surface area contributed by atoms with Crippen LogP contribution in [-0.4, -0.2) is 107 Å². The fraction of sp³-hybridized carbons (Fsp3) is 0.702. The van der Waals surface area contributed by atoms with Crippen molar-refractivity contribution >= 4 is 11.8 Å². The number of allylic oxidation sites excluding steroid dienone is 1. The van der Waals surface area contributed by atoms with Crippen LogP contribution in [0.25, 0.3) is 0 Å². The van der Waals surface area contributed by atoms with E-state index in [1.54, 1.807) is 0 Å². The third-order valence-electron chi connectivity index (χ3n) is 9.50. The molecule has 11 nitrogen and oxygen atoms in total. The number of aliphatic hydroxyl groups is 8. The van der Waals surface area contributed by atoms with Crippen LogP contribution in [-0.2, 0) is 9.59 Å².